The molecule has 2 aromatic rings. The third-order valence-electron chi connectivity index (χ3n) is 3.66. The number of phenols is 1. The van der Waals surface area contributed by atoms with Crippen LogP contribution in [0.15, 0.2) is 48.5 Å². The standard InChI is InChI=1S/C18H21NO3/c1-22-18(21)17(19)12-15-9-10-16(20)11-14(15)8-7-13-5-3-2-4-6-13/h2-6,9-11,17,20H,7-8,12,19H2,1H3/t17-/m0/s1. The molecule has 0 radical (unpaired) electrons. The highest BCUT2D eigenvalue weighted by atomic mass is 16.5. The number of carbonyl (C=O) groups excluding carboxylic acids is 1. The molecule has 1 atom stereocenters. The van der Waals surface area contributed by atoms with Crippen molar-refractivity contribution in [1.29, 1.82) is 0 Å². The maximum absolute atomic E-state index is 11.5. The summed E-state index contributed by atoms with van der Waals surface area (Å²) in [6.07, 6.45) is 2.05. The molecule has 0 aromatic heterocycles. The van der Waals surface area contributed by atoms with Crippen LogP contribution in [0.3, 0.4) is 0 Å². The van der Waals surface area contributed by atoms with Crippen molar-refractivity contribution in [3.8, 4) is 5.75 Å². The molecule has 22 heavy (non-hydrogen) atoms. The third kappa shape index (κ3) is 4.33. The average Bonchev–Trinajstić information content (AvgIpc) is 2.55. The third-order valence-corrected chi connectivity index (χ3v) is 3.66. The second-order valence-corrected chi connectivity index (χ2v) is 5.27. The first kappa shape index (κ1) is 16.0. The van der Waals surface area contributed by atoms with E-state index in [1.165, 1.54) is 12.7 Å². The molecule has 0 aliphatic heterocycles. The molecule has 2 aromatic carbocycles. The highest BCUT2D eigenvalue weighted by Crippen LogP contribution is 2.20. The predicted molar refractivity (Wildman–Crippen MR) is 85.7 cm³/mol. The van der Waals surface area contributed by atoms with E-state index in [-0.39, 0.29) is 5.75 Å². The monoisotopic (exact) mass is 299 g/mol. The van der Waals surface area contributed by atoms with Crippen LogP contribution in [0.4, 0.5) is 0 Å². The fourth-order valence-electron chi connectivity index (χ4n) is 2.44. The number of hydrogen-bond acceptors (Lipinski definition) is 4. The Labute approximate surface area is 130 Å². The molecule has 0 aliphatic rings. The van der Waals surface area contributed by atoms with Crippen LogP contribution < -0.4 is 5.73 Å². The van der Waals surface area contributed by atoms with Crippen LogP contribution in [-0.2, 0) is 28.8 Å². The zero-order chi connectivity index (χ0) is 15.9. The number of aromatic hydroxyl groups is 1. The van der Waals surface area contributed by atoms with Crippen molar-refractivity contribution >= 4 is 5.97 Å². The Bertz CT molecular complexity index is 625. The minimum Gasteiger partial charge on any atom is -0.508 e. The Hall–Kier alpha value is -2.33. The highest BCUT2D eigenvalue weighted by molar-refractivity contribution is 5.75. The molecule has 4 heteroatoms. The van der Waals surface area contributed by atoms with Crippen LogP contribution in [0.5, 0.6) is 5.75 Å². The van der Waals surface area contributed by atoms with Crippen LogP contribution in [0, 0.1) is 0 Å². The number of hydrogen-bond donors (Lipinski definition) is 2. The van der Waals surface area contributed by atoms with Crippen LogP contribution in [0.2, 0.25) is 0 Å². The van der Waals surface area contributed by atoms with Crippen molar-refractivity contribution in [2.75, 3.05) is 7.11 Å². The van der Waals surface area contributed by atoms with E-state index in [1.54, 1.807) is 12.1 Å². The summed E-state index contributed by atoms with van der Waals surface area (Å²) in [7, 11) is 1.33. The van der Waals surface area contributed by atoms with E-state index in [9.17, 15) is 9.90 Å². The van der Waals surface area contributed by atoms with Gasteiger partial charge >= 0.3 is 5.97 Å². The number of benzene rings is 2. The normalized spacial score (nSPS) is 11.9. The smallest absolute Gasteiger partial charge is 0.322 e. The summed E-state index contributed by atoms with van der Waals surface area (Å²) >= 11 is 0. The van der Waals surface area contributed by atoms with E-state index in [0.717, 1.165) is 24.0 Å². The van der Waals surface area contributed by atoms with Gasteiger partial charge in [0.1, 0.15) is 11.8 Å². The number of carbonyl (C=O) groups is 1. The average molecular weight is 299 g/mol. The van der Waals surface area contributed by atoms with Crippen molar-refractivity contribution in [3.05, 3.63) is 65.2 Å². The lowest BCUT2D eigenvalue weighted by Crippen LogP contribution is -2.33. The van der Waals surface area contributed by atoms with Gasteiger partial charge in [-0.05, 0) is 48.1 Å². The molecule has 116 valence electrons. The number of esters is 1. The van der Waals surface area contributed by atoms with E-state index in [1.807, 2.05) is 24.3 Å². The van der Waals surface area contributed by atoms with Crippen LogP contribution in [-0.4, -0.2) is 24.2 Å². The summed E-state index contributed by atoms with van der Waals surface area (Å²) in [6.45, 7) is 0. The summed E-state index contributed by atoms with van der Waals surface area (Å²) in [5.41, 5.74) is 9.03. The van der Waals surface area contributed by atoms with Gasteiger partial charge in [-0.1, -0.05) is 36.4 Å². The van der Waals surface area contributed by atoms with Crippen molar-refractivity contribution in [2.24, 2.45) is 5.73 Å². The van der Waals surface area contributed by atoms with Gasteiger partial charge in [-0.25, -0.2) is 0 Å². The molecule has 4 nitrogen and oxygen atoms in total. The molecular formula is C18H21NO3. The Kier molecular flexibility index (Phi) is 5.55. The van der Waals surface area contributed by atoms with Crippen molar-refractivity contribution in [1.82, 2.24) is 0 Å². The first-order valence-electron chi connectivity index (χ1n) is 7.28. The number of phenolic OH excluding ortho intramolecular Hbond substituents is 1. The summed E-state index contributed by atoms with van der Waals surface area (Å²) in [4.78, 5) is 11.5. The fourth-order valence-corrected chi connectivity index (χ4v) is 2.44. The fraction of sp³-hybridized carbons (Fsp3) is 0.278. The maximum Gasteiger partial charge on any atom is 0.322 e. The second-order valence-electron chi connectivity index (χ2n) is 5.27. The lowest BCUT2D eigenvalue weighted by Gasteiger charge is -2.14. The molecule has 2 rings (SSSR count). The lowest BCUT2D eigenvalue weighted by atomic mass is 9.95. The molecule has 0 heterocycles. The van der Waals surface area contributed by atoms with Gasteiger partial charge in [0.15, 0.2) is 0 Å². The Morgan fingerprint density at radius 2 is 1.86 bits per heavy atom. The van der Waals surface area contributed by atoms with Gasteiger partial charge in [0.2, 0.25) is 0 Å². The molecule has 0 bridgehead atoms. The highest BCUT2D eigenvalue weighted by Gasteiger charge is 2.16. The van der Waals surface area contributed by atoms with E-state index < -0.39 is 12.0 Å². The molecule has 0 aliphatic carbocycles. The van der Waals surface area contributed by atoms with Gasteiger partial charge < -0.3 is 15.6 Å². The van der Waals surface area contributed by atoms with Gasteiger partial charge in [0.25, 0.3) is 0 Å². The topological polar surface area (TPSA) is 72.5 Å². The second kappa shape index (κ2) is 7.61. The Balaban J connectivity index is 2.12. The van der Waals surface area contributed by atoms with Gasteiger partial charge in [-0.2, -0.15) is 0 Å². The van der Waals surface area contributed by atoms with E-state index in [2.05, 4.69) is 16.9 Å². The van der Waals surface area contributed by atoms with Crippen molar-refractivity contribution < 1.29 is 14.6 Å². The zero-order valence-electron chi connectivity index (χ0n) is 12.7. The number of nitrogens with two attached hydrogens (primary N) is 1. The predicted octanol–water partition coefficient (Wildman–Crippen LogP) is 2.22. The minimum absolute atomic E-state index is 0.221. The molecule has 0 unspecified atom stereocenters. The molecule has 0 fully saturated rings. The summed E-state index contributed by atoms with van der Waals surface area (Å²) in [5.74, 6) is -0.208. The number of ether oxygens (including phenoxy) is 1. The summed E-state index contributed by atoms with van der Waals surface area (Å²) in [5, 5.41) is 9.70. The van der Waals surface area contributed by atoms with Gasteiger partial charge in [-0.15, -0.1) is 0 Å². The van der Waals surface area contributed by atoms with E-state index >= 15 is 0 Å². The molecule has 0 saturated carbocycles. The van der Waals surface area contributed by atoms with E-state index in [4.69, 9.17) is 5.73 Å². The first-order valence-corrected chi connectivity index (χ1v) is 7.28. The molecule has 0 saturated heterocycles. The zero-order valence-corrected chi connectivity index (χ0v) is 12.7. The SMILES string of the molecule is COC(=O)[C@@H](N)Cc1ccc(O)cc1CCc1ccccc1. The largest absolute Gasteiger partial charge is 0.508 e. The molecule has 0 amide bonds. The van der Waals surface area contributed by atoms with Gasteiger partial charge in [0.05, 0.1) is 7.11 Å². The first-order chi connectivity index (χ1) is 10.6. The van der Waals surface area contributed by atoms with Crippen LogP contribution in [0.1, 0.15) is 16.7 Å². The van der Waals surface area contributed by atoms with Gasteiger partial charge in [0, 0.05) is 0 Å². The summed E-state index contributed by atoms with van der Waals surface area (Å²) in [6, 6.07) is 14.6. The van der Waals surface area contributed by atoms with E-state index in [0.29, 0.717) is 6.42 Å². The number of methoxy groups -OCH3 is 1. The number of aryl methyl sites for hydroxylation is 2. The lowest BCUT2D eigenvalue weighted by molar-refractivity contribution is -0.142. The van der Waals surface area contributed by atoms with Crippen LogP contribution >= 0.6 is 0 Å². The van der Waals surface area contributed by atoms with Gasteiger partial charge in [-0.3, -0.25) is 4.79 Å². The quantitative estimate of drug-likeness (QED) is 0.802. The summed E-state index contributed by atoms with van der Waals surface area (Å²) < 4.78 is 4.66. The molecule has 0 spiro atoms. The Morgan fingerprint density at radius 3 is 2.55 bits per heavy atom. The van der Waals surface area contributed by atoms with Crippen molar-refractivity contribution in [2.45, 2.75) is 25.3 Å². The molecule has 3 N–H and O–H groups in total. The number of rotatable bonds is 6. The Morgan fingerprint density at radius 1 is 1.14 bits per heavy atom. The molecular weight excluding hydrogens is 278 g/mol. The van der Waals surface area contributed by atoms with Crippen molar-refractivity contribution in [3.63, 3.8) is 0 Å². The van der Waals surface area contributed by atoms with Crippen LogP contribution in [0.25, 0.3) is 0 Å². The minimum atomic E-state index is -0.690. The maximum atomic E-state index is 11.5.